The summed E-state index contributed by atoms with van der Waals surface area (Å²) in [6.45, 7) is 5.59. The lowest BCUT2D eigenvalue weighted by molar-refractivity contribution is 0.0523. The lowest BCUT2D eigenvalue weighted by atomic mass is 10.1. The molecule has 1 amide bonds. The van der Waals surface area contributed by atoms with Crippen molar-refractivity contribution in [3.05, 3.63) is 40.3 Å². The predicted octanol–water partition coefficient (Wildman–Crippen LogP) is 1.96. The molecule has 2 aromatic rings. The van der Waals surface area contributed by atoms with Crippen LogP contribution < -0.4 is 10.9 Å². The van der Waals surface area contributed by atoms with E-state index in [1.165, 1.54) is 4.68 Å². The van der Waals surface area contributed by atoms with Gasteiger partial charge in [0.15, 0.2) is 0 Å². The maximum Gasteiger partial charge on any atom is 0.407 e. The van der Waals surface area contributed by atoms with E-state index in [0.717, 1.165) is 5.39 Å². The number of ether oxygens (including phenoxy) is 1. The van der Waals surface area contributed by atoms with Crippen molar-refractivity contribution in [1.82, 2.24) is 15.1 Å². The van der Waals surface area contributed by atoms with Crippen LogP contribution >= 0.6 is 0 Å². The van der Waals surface area contributed by atoms with E-state index in [-0.39, 0.29) is 12.1 Å². The van der Waals surface area contributed by atoms with Gasteiger partial charge in [-0.3, -0.25) is 4.79 Å². The van der Waals surface area contributed by atoms with Gasteiger partial charge in [-0.05, 0) is 26.8 Å². The monoisotopic (exact) mass is 289 g/mol. The fourth-order valence-corrected chi connectivity index (χ4v) is 1.98. The van der Waals surface area contributed by atoms with Crippen molar-refractivity contribution in [3.63, 3.8) is 0 Å². The number of rotatable bonds is 2. The summed E-state index contributed by atoms with van der Waals surface area (Å²) < 4.78 is 6.45. The highest BCUT2D eigenvalue weighted by molar-refractivity contribution is 5.83. The van der Waals surface area contributed by atoms with Crippen LogP contribution in [0.15, 0.2) is 29.1 Å². The molecule has 6 heteroatoms. The molecule has 0 unspecified atom stereocenters. The quantitative estimate of drug-likeness (QED) is 0.917. The number of alkyl carbamates (subject to hydrolysis) is 1. The number of amides is 1. The van der Waals surface area contributed by atoms with Gasteiger partial charge >= 0.3 is 6.09 Å². The molecule has 2 rings (SSSR count). The van der Waals surface area contributed by atoms with Gasteiger partial charge in [0.2, 0.25) is 0 Å². The van der Waals surface area contributed by atoms with E-state index in [1.54, 1.807) is 40.0 Å². The molecule has 1 N–H and O–H groups in total. The SMILES string of the molecule is Cn1nc(CNC(=O)OC(C)(C)C)c2ccccc2c1=O. The molecule has 0 saturated heterocycles. The highest BCUT2D eigenvalue weighted by Gasteiger charge is 2.16. The first-order valence-corrected chi connectivity index (χ1v) is 6.70. The van der Waals surface area contributed by atoms with Crippen LogP contribution in [0.1, 0.15) is 26.5 Å². The first-order chi connectivity index (χ1) is 9.78. The molecular weight excluding hydrogens is 270 g/mol. The van der Waals surface area contributed by atoms with E-state index < -0.39 is 11.7 Å². The summed E-state index contributed by atoms with van der Waals surface area (Å²) in [5.74, 6) is 0. The zero-order valence-corrected chi connectivity index (χ0v) is 12.6. The number of aromatic nitrogens is 2. The van der Waals surface area contributed by atoms with Gasteiger partial charge in [0.1, 0.15) is 5.60 Å². The third-order valence-corrected chi connectivity index (χ3v) is 2.83. The van der Waals surface area contributed by atoms with E-state index >= 15 is 0 Å². The first-order valence-electron chi connectivity index (χ1n) is 6.70. The molecule has 1 aromatic carbocycles. The molecule has 1 aromatic heterocycles. The standard InChI is InChI=1S/C15H19N3O3/c1-15(2,3)21-14(20)16-9-12-10-7-5-6-8-11(10)13(19)18(4)17-12/h5-8H,9H2,1-4H3,(H,16,20). The number of hydrogen-bond acceptors (Lipinski definition) is 4. The molecule has 1 heterocycles. The normalized spacial score (nSPS) is 11.4. The molecule has 0 spiro atoms. The largest absolute Gasteiger partial charge is 0.444 e. The van der Waals surface area contributed by atoms with Crippen LogP contribution in [0.3, 0.4) is 0 Å². The molecule has 21 heavy (non-hydrogen) atoms. The van der Waals surface area contributed by atoms with Gasteiger partial charge in [-0.1, -0.05) is 18.2 Å². The maximum absolute atomic E-state index is 12.0. The molecule has 6 nitrogen and oxygen atoms in total. The number of benzene rings is 1. The minimum absolute atomic E-state index is 0.161. The van der Waals surface area contributed by atoms with Crippen molar-refractivity contribution in [2.24, 2.45) is 7.05 Å². The van der Waals surface area contributed by atoms with Gasteiger partial charge < -0.3 is 10.1 Å². The predicted molar refractivity (Wildman–Crippen MR) is 80.1 cm³/mol. The van der Waals surface area contributed by atoms with Crippen LogP contribution in [-0.2, 0) is 18.3 Å². The smallest absolute Gasteiger partial charge is 0.407 e. The lowest BCUT2D eigenvalue weighted by Gasteiger charge is -2.19. The molecule has 112 valence electrons. The fourth-order valence-electron chi connectivity index (χ4n) is 1.98. The van der Waals surface area contributed by atoms with E-state index in [0.29, 0.717) is 11.1 Å². The summed E-state index contributed by atoms with van der Waals surface area (Å²) in [6, 6.07) is 7.20. The molecule has 0 radical (unpaired) electrons. The molecule has 0 aliphatic heterocycles. The molecular formula is C15H19N3O3. The number of nitrogens with one attached hydrogen (secondary N) is 1. The minimum atomic E-state index is -0.552. The summed E-state index contributed by atoms with van der Waals surface area (Å²) in [6.07, 6.45) is -0.512. The van der Waals surface area contributed by atoms with E-state index in [2.05, 4.69) is 10.4 Å². The summed E-state index contributed by atoms with van der Waals surface area (Å²) in [5, 5.41) is 8.17. The Balaban J connectivity index is 2.25. The van der Waals surface area contributed by atoms with Gasteiger partial charge in [-0.15, -0.1) is 0 Å². The summed E-state index contributed by atoms with van der Waals surface area (Å²) in [7, 11) is 1.59. The third kappa shape index (κ3) is 3.59. The van der Waals surface area contributed by atoms with Crippen LogP contribution in [-0.4, -0.2) is 21.5 Å². The number of nitrogens with zero attached hydrogens (tertiary/aromatic N) is 2. The van der Waals surface area contributed by atoms with Crippen LogP contribution in [0, 0.1) is 0 Å². The Morgan fingerprint density at radius 1 is 1.29 bits per heavy atom. The molecule has 0 fully saturated rings. The number of carbonyl (C=O) groups excluding carboxylic acids is 1. The summed E-state index contributed by atoms with van der Waals surface area (Å²) in [4.78, 5) is 23.7. The second-order valence-corrected chi connectivity index (χ2v) is 5.78. The Hall–Kier alpha value is -2.37. The van der Waals surface area contributed by atoms with Gasteiger partial charge in [-0.25, -0.2) is 9.48 Å². The van der Waals surface area contributed by atoms with E-state index in [9.17, 15) is 9.59 Å². The number of aryl methyl sites for hydroxylation is 1. The molecule has 0 bridgehead atoms. The van der Waals surface area contributed by atoms with Crippen molar-refractivity contribution in [2.75, 3.05) is 0 Å². The average Bonchev–Trinajstić information content (AvgIpc) is 2.39. The Bertz CT molecular complexity index is 729. The van der Waals surface area contributed by atoms with Gasteiger partial charge in [-0.2, -0.15) is 5.10 Å². The average molecular weight is 289 g/mol. The van der Waals surface area contributed by atoms with Crippen LogP contribution in [0.2, 0.25) is 0 Å². The van der Waals surface area contributed by atoms with E-state index in [4.69, 9.17) is 4.74 Å². The molecule has 0 saturated carbocycles. The first kappa shape index (κ1) is 15.0. The minimum Gasteiger partial charge on any atom is -0.444 e. The zero-order valence-electron chi connectivity index (χ0n) is 12.6. The Morgan fingerprint density at radius 2 is 1.90 bits per heavy atom. The van der Waals surface area contributed by atoms with Gasteiger partial charge in [0.05, 0.1) is 17.6 Å². The van der Waals surface area contributed by atoms with Crippen LogP contribution in [0.5, 0.6) is 0 Å². The van der Waals surface area contributed by atoms with Crippen molar-refractivity contribution in [3.8, 4) is 0 Å². The van der Waals surface area contributed by atoms with E-state index in [1.807, 2.05) is 12.1 Å². The number of fused-ring (bicyclic) bond motifs is 1. The van der Waals surface area contributed by atoms with Crippen LogP contribution in [0.25, 0.3) is 10.8 Å². The fraction of sp³-hybridized carbons (Fsp3) is 0.400. The maximum atomic E-state index is 12.0. The second kappa shape index (κ2) is 5.55. The Labute approximate surface area is 122 Å². The second-order valence-electron chi connectivity index (χ2n) is 5.78. The van der Waals surface area contributed by atoms with Crippen molar-refractivity contribution >= 4 is 16.9 Å². The van der Waals surface area contributed by atoms with Crippen molar-refractivity contribution < 1.29 is 9.53 Å². The highest BCUT2D eigenvalue weighted by Crippen LogP contribution is 2.13. The Kier molecular flexibility index (Phi) is 3.97. The zero-order chi connectivity index (χ0) is 15.6. The molecule has 0 aliphatic carbocycles. The van der Waals surface area contributed by atoms with Crippen molar-refractivity contribution in [1.29, 1.82) is 0 Å². The lowest BCUT2D eigenvalue weighted by Crippen LogP contribution is -2.33. The van der Waals surface area contributed by atoms with Crippen molar-refractivity contribution in [2.45, 2.75) is 32.9 Å². The summed E-state index contributed by atoms with van der Waals surface area (Å²) >= 11 is 0. The Morgan fingerprint density at radius 3 is 2.52 bits per heavy atom. The number of hydrogen-bond donors (Lipinski definition) is 1. The topological polar surface area (TPSA) is 73.2 Å². The summed E-state index contributed by atoms with van der Waals surface area (Å²) in [5.41, 5.74) is -0.0893. The van der Waals surface area contributed by atoms with Gasteiger partial charge in [0, 0.05) is 12.4 Å². The molecule has 0 atom stereocenters. The van der Waals surface area contributed by atoms with Crippen LogP contribution in [0.4, 0.5) is 4.79 Å². The number of carbonyl (C=O) groups is 1. The third-order valence-electron chi connectivity index (χ3n) is 2.83. The van der Waals surface area contributed by atoms with Gasteiger partial charge in [0.25, 0.3) is 5.56 Å². The molecule has 0 aliphatic rings. The highest BCUT2D eigenvalue weighted by atomic mass is 16.6.